The Bertz CT molecular complexity index is 952. The minimum Gasteiger partial charge on any atom is -0.480 e. The lowest BCUT2D eigenvalue weighted by atomic mass is 10.1. The van der Waals surface area contributed by atoms with E-state index in [9.17, 15) is 22.8 Å². The fourth-order valence-corrected chi connectivity index (χ4v) is 3.01. The summed E-state index contributed by atoms with van der Waals surface area (Å²) in [5.74, 6) is -2.28. The van der Waals surface area contributed by atoms with E-state index in [2.05, 4.69) is 10.1 Å². The third-order valence-corrected chi connectivity index (χ3v) is 4.82. The first-order valence-corrected chi connectivity index (χ1v) is 9.02. The molecular formula is C17H16N2O7S. The number of hydrogen-bond acceptors (Lipinski definition) is 6. The number of hydrogen-bond donors (Lipinski definition) is 3. The summed E-state index contributed by atoms with van der Waals surface area (Å²) in [5.41, 5.74) is 0.939. The lowest BCUT2D eigenvalue weighted by Gasteiger charge is -2.08. The van der Waals surface area contributed by atoms with Crippen LogP contribution in [-0.2, 0) is 19.6 Å². The van der Waals surface area contributed by atoms with Gasteiger partial charge in [0.1, 0.15) is 6.54 Å². The van der Waals surface area contributed by atoms with Gasteiger partial charge in [-0.2, -0.15) is 4.72 Å². The topological polar surface area (TPSA) is 139 Å². The quantitative estimate of drug-likeness (QED) is 0.599. The van der Waals surface area contributed by atoms with Crippen LogP contribution in [0, 0.1) is 0 Å². The number of amides is 1. The van der Waals surface area contributed by atoms with E-state index >= 15 is 0 Å². The molecule has 0 aromatic heterocycles. The van der Waals surface area contributed by atoms with Crippen LogP contribution >= 0.6 is 0 Å². The number of aliphatic carboxylic acids is 1. The lowest BCUT2D eigenvalue weighted by Crippen LogP contribution is -2.29. The van der Waals surface area contributed by atoms with E-state index in [1.807, 2.05) is 4.72 Å². The Morgan fingerprint density at radius 1 is 0.963 bits per heavy atom. The van der Waals surface area contributed by atoms with E-state index in [-0.39, 0.29) is 4.90 Å². The molecule has 2 aromatic rings. The van der Waals surface area contributed by atoms with E-state index in [4.69, 9.17) is 5.11 Å². The summed E-state index contributed by atoms with van der Waals surface area (Å²) in [4.78, 5) is 33.9. The Hall–Kier alpha value is -3.24. The first-order valence-electron chi connectivity index (χ1n) is 7.54. The van der Waals surface area contributed by atoms with Crippen LogP contribution in [0.15, 0.2) is 53.4 Å². The molecule has 3 N–H and O–H groups in total. The van der Waals surface area contributed by atoms with Crippen LogP contribution in [0.2, 0.25) is 0 Å². The zero-order chi connectivity index (χ0) is 20.0. The summed E-state index contributed by atoms with van der Waals surface area (Å²) in [6, 6.07) is 11.0. The second-order valence-corrected chi connectivity index (χ2v) is 7.03. The highest BCUT2D eigenvalue weighted by atomic mass is 32.2. The number of benzene rings is 2. The number of rotatable bonds is 7. The number of methoxy groups -OCH3 is 1. The number of carboxylic acids is 1. The van der Waals surface area contributed by atoms with Crippen LogP contribution in [0.5, 0.6) is 0 Å². The van der Waals surface area contributed by atoms with Gasteiger partial charge in [-0.15, -0.1) is 0 Å². The zero-order valence-corrected chi connectivity index (χ0v) is 14.9. The van der Waals surface area contributed by atoms with Crippen molar-refractivity contribution in [1.82, 2.24) is 4.72 Å². The molecule has 0 saturated heterocycles. The van der Waals surface area contributed by atoms with Crippen molar-refractivity contribution in [3.8, 4) is 0 Å². The minimum absolute atomic E-state index is 0.135. The Morgan fingerprint density at radius 2 is 1.52 bits per heavy atom. The highest BCUT2D eigenvalue weighted by Gasteiger charge is 2.15. The molecule has 2 rings (SSSR count). The second-order valence-electron chi connectivity index (χ2n) is 5.27. The minimum atomic E-state index is -3.96. The molecule has 0 saturated carbocycles. The van der Waals surface area contributed by atoms with E-state index in [0.29, 0.717) is 16.8 Å². The van der Waals surface area contributed by atoms with Gasteiger partial charge in [-0.3, -0.25) is 9.59 Å². The molecule has 10 heteroatoms. The molecule has 0 heterocycles. The highest BCUT2D eigenvalue weighted by molar-refractivity contribution is 7.89. The Balaban J connectivity index is 2.06. The molecular weight excluding hydrogens is 376 g/mol. The van der Waals surface area contributed by atoms with E-state index in [0.717, 1.165) is 0 Å². The number of ether oxygens (including phenoxy) is 1. The average molecular weight is 392 g/mol. The molecule has 2 aromatic carbocycles. The summed E-state index contributed by atoms with van der Waals surface area (Å²) in [5, 5.41) is 11.1. The van der Waals surface area contributed by atoms with Gasteiger partial charge in [0.2, 0.25) is 10.0 Å². The van der Waals surface area contributed by atoms with Gasteiger partial charge in [-0.05, 0) is 48.5 Å². The molecule has 0 aliphatic carbocycles. The van der Waals surface area contributed by atoms with Gasteiger partial charge in [-0.25, -0.2) is 13.2 Å². The summed E-state index contributed by atoms with van der Waals surface area (Å²) >= 11 is 0. The number of carbonyl (C=O) groups is 3. The molecule has 0 bridgehead atoms. The summed E-state index contributed by atoms with van der Waals surface area (Å²) in [6.07, 6.45) is 0. The first-order chi connectivity index (χ1) is 12.7. The molecule has 0 radical (unpaired) electrons. The monoisotopic (exact) mass is 392 g/mol. The number of nitrogens with one attached hydrogen (secondary N) is 2. The number of anilines is 1. The van der Waals surface area contributed by atoms with Gasteiger partial charge in [0.15, 0.2) is 0 Å². The van der Waals surface area contributed by atoms with Gasteiger partial charge in [0.05, 0.1) is 17.6 Å². The molecule has 9 nitrogen and oxygen atoms in total. The van der Waals surface area contributed by atoms with Crippen LogP contribution in [0.3, 0.4) is 0 Å². The predicted octanol–water partition coefficient (Wildman–Crippen LogP) is 1.09. The van der Waals surface area contributed by atoms with Crippen LogP contribution in [0.1, 0.15) is 20.7 Å². The number of esters is 1. The van der Waals surface area contributed by atoms with Crippen LogP contribution in [0.4, 0.5) is 5.69 Å². The zero-order valence-electron chi connectivity index (χ0n) is 14.1. The normalized spacial score (nSPS) is 10.9. The van der Waals surface area contributed by atoms with E-state index in [1.54, 1.807) is 0 Å². The fraction of sp³-hybridized carbons (Fsp3) is 0.118. The van der Waals surface area contributed by atoms with Gasteiger partial charge in [0.25, 0.3) is 5.91 Å². The molecule has 27 heavy (non-hydrogen) atoms. The third kappa shape index (κ3) is 5.36. The van der Waals surface area contributed by atoms with Gasteiger partial charge < -0.3 is 15.2 Å². The van der Waals surface area contributed by atoms with Crippen molar-refractivity contribution in [2.45, 2.75) is 4.90 Å². The largest absolute Gasteiger partial charge is 0.480 e. The molecule has 1 amide bonds. The van der Waals surface area contributed by atoms with Crippen molar-refractivity contribution in [2.24, 2.45) is 0 Å². The van der Waals surface area contributed by atoms with Crippen molar-refractivity contribution in [2.75, 3.05) is 19.0 Å². The SMILES string of the molecule is COC(=O)c1ccc(C(=O)Nc2ccc(S(=O)(=O)NCC(=O)O)cc2)cc1. The van der Waals surface area contributed by atoms with Gasteiger partial charge in [-0.1, -0.05) is 0 Å². The van der Waals surface area contributed by atoms with Crippen LogP contribution < -0.4 is 10.0 Å². The van der Waals surface area contributed by atoms with Crippen molar-refractivity contribution in [3.63, 3.8) is 0 Å². The smallest absolute Gasteiger partial charge is 0.337 e. The molecule has 0 aliphatic rings. The summed E-state index contributed by atoms with van der Waals surface area (Å²) < 4.78 is 30.3. The summed E-state index contributed by atoms with van der Waals surface area (Å²) in [6.45, 7) is -0.734. The van der Waals surface area contributed by atoms with E-state index < -0.39 is 34.4 Å². The second kappa shape index (κ2) is 8.43. The van der Waals surface area contributed by atoms with Gasteiger partial charge >= 0.3 is 11.9 Å². The first kappa shape index (κ1) is 20.1. The number of carboxylic acid groups (broad SMARTS) is 1. The Morgan fingerprint density at radius 3 is 2.04 bits per heavy atom. The number of carbonyl (C=O) groups excluding carboxylic acids is 2. The molecule has 0 spiro atoms. The van der Waals surface area contributed by atoms with Crippen molar-refractivity contribution < 1.29 is 32.6 Å². The Labute approximate surface area is 155 Å². The van der Waals surface area contributed by atoms with Crippen LogP contribution in [-0.4, -0.2) is 45.0 Å². The maximum absolute atomic E-state index is 12.2. The average Bonchev–Trinajstić information content (AvgIpc) is 2.66. The van der Waals surface area contributed by atoms with Crippen molar-refractivity contribution in [1.29, 1.82) is 0 Å². The molecule has 0 unspecified atom stereocenters. The molecule has 0 fully saturated rings. The molecule has 0 aliphatic heterocycles. The molecule has 0 atom stereocenters. The maximum atomic E-state index is 12.2. The van der Waals surface area contributed by atoms with Crippen molar-refractivity contribution >= 4 is 33.6 Å². The fourth-order valence-electron chi connectivity index (χ4n) is 2.04. The van der Waals surface area contributed by atoms with E-state index in [1.165, 1.54) is 55.6 Å². The third-order valence-electron chi connectivity index (χ3n) is 3.40. The highest BCUT2D eigenvalue weighted by Crippen LogP contribution is 2.15. The standard InChI is InChI=1S/C17H16N2O7S/c1-26-17(23)12-4-2-11(3-5-12)16(22)19-13-6-8-14(9-7-13)27(24,25)18-10-15(20)21/h2-9,18H,10H2,1H3,(H,19,22)(H,20,21). The lowest BCUT2D eigenvalue weighted by molar-refractivity contribution is -0.135. The van der Waals surface area contributed by atoms with Gasteiger partial charge in [0, 0.05) is 11.3 Å². The summed E-state index contributed by atoms with van der Waals surface area (Å²) in [7, 11) is -2.70. The Kier molecular flexibility index (Phi) is 6.27. The predicted molar refractivity (Wildman–Crippen MR) is 95.0 cm³/mol. The molecule has 142 valence electrons. The number of sulfonamides is 1. The van der Waals surface area contributed by atoms with Crippen molar-refractivity contribution in [3.05, 3.63) is 59.7 Å². The maximum Gasteiger partial charge on any atom is 0.337 e. The van der Waals surface area contributed by atoms with Crippen LogP contribution in [0.25, 0.3) is 0 Å².